The molecule has 0 unspecified atom stereocenters. The van der Waals surface area contributed by atoms with Crippen LogP contribution in [0.1, 0.15) is 17.4 Å². The molecule has 1 N–H and O–H groups in total. The van der Waals surface area contributed by atoms with Gasteiger partial charge in [0.2, 0.25) is 0 Å². The van der Waals surface area contributed by atoms with E-state index in [2.05, 4.69) is 4.98 Å². The summed E-state index contributed by atoms with van der Waals surface area (Å²) in [6.07, 6.45) is -2.56. The van der Waals surface area contributed by atoms with Crippen LogP contribution in [0.3, 0.4) is 0 Å². The van der Waals surface area contributed by atoms with Gasteiger partial charge in [-0.05, 0) is 25.1 Å². The number of morpholine rings is 1. The van der Waals surface area contributed by atoms with Crippen molar-refractivity contribution in [2.24, 2.45) is 0 Å². The van der Waals surface area contributed by atoms with Gasteiger partial charge in [0.05, 0.1) is 25.5 Å². The molecule has 0 amide bonds. The molecular weight excluding hydrogens is 334 g/mol. The van der Waals surface area contributed by atoms with Gasteiger partial charge in [0.25, 0.3) is 6.43 Å². The Labute approximate surface area is 143 Å². The molecule has 0 atom stereocenters. The zero-order chi connectivity index (χ0) is 17.8. The van der Waals surface area contributed by atoms with E-state index in [1.165, 1.54) is 0 Å². The van der Waals surface area contributed by atoms with Gasteiger partial charge in [-0.3, -0.25) is 0 Å². The smallest absolute Gasteiger partial charge is 0.354 e. The highest BCUT2D eigenvalue weighted by Crippen LogP contribution is 2.34. The van der Waals surface area contributed by atoms with E-state index < -0.39 is 19.0 Å². The number of rotatable bonds is 6. The molecular formula is C17H20F2N2O4. The van der Waals surface area contributed by atoms with Crippen molar-refractivity contribution in [2.45, 2.75) is 13.3 Å². The Hall–Kier alpha value is -2.35. The lowest BCUT2D eigenvalue weighted by Crippen LogP contribution is -2.36. The Morgan fingerprint density at radius 3 is 2.76 bits per heavy atom. The van der Waals surface area contributed by atoms with Crippen molar-refractivity contribution < 1.29 is 27.8 Å². The van der Waals surface area contributed by atoms with E-state index in [4.69, 9.17) is 14.2 Å². The Kier molecular flexibility index (Phi) is 5.37. The van der Waals surface area contributed by atoms with Gasteiger partial charge < -0.3 is 24.1 Å². The first kappa shape index (κ1) is 17.5. The van der Waals surface area contributed by atoms with Crippen molar-refractivity contribution in [1.29, 1.82) is 0 Å². The molecule has 1 fully saturated rings. The van der Waals surface area contributed by atoms with Crippen molar-refractivity contribution in [3.63, 3.8) is 0 Å². The van der Waals surface area contributed by atoms with Gasteiger partial charge in [-0.1, -0.05) is 0 Å². The molecule has 1 aliphatic heterocycles. The number of anilines is 1. The topological polar surface area (TPSA) is 63.8 Å². The number of carbonyl (C=O) groups excluding carboxylic acids is 1. The summed E-state index contributed by atoms with van der Waals surface area (Å²) < 4.78 is 40.8. The lowest BCUT2D eigenvalue weighted by molar-refractivity contribution is 0.0520. The second-order valence-electron chi connectivity index (χ2n) is 5.61. The van der Waals surface area contributed by atoms with Crippen LogP contribution >= 0.6 is 0 Å². The van der Waals surface area contributed by atoms with Gasteiger partial charge >= 0.3 is 5.97 Å². The fraction of sp³-hybridized carbons (Fsp3) is 0.471. The van der Waals surface area contributed by atoms with Crippen LogP contribution in [-0.2, 0) is 9.47 Å². The normalized spacial score (nSPS) is 15.0. The number of esters is 1. The maximum atomic E-state index is 12.6. The van der Waals surface area contributed by atoms with Crippen LogP contribution in [0, 0.1) is 0 Å². The van der Waals surface area contributed by atoms with Crippen LogP contribution < -0.4 is 9.64 Å². The highest BCUT2D eigenvalue weighted by molar-refractivity contribution is 5.96. The van der Waals surface area contributed by atoms with Crippen LogP contribution in [-0.4, -0.2) is 56.9 Å². The number of nitrogens with zero attached hydrogens (tertiary/aromatic N) is 1. The molecule has 0 bridgehead atoms. The molecule has 0 saturated carbocycles. The minimum absolute atomic E-state index is 0.274. The molecule has 25 heavy (non-hydrogen) atoms. The van der Waals surface area contributed by atoms with Gasteiger partial charge in [-0.25, -0.2) is 13.6 Å². The third-order valence-corrected chi connectivity index (χ3v) is 3.91. The zero-order valence-electron chi connectivity index (χ0n) is 13.9. The Bertz CT molecular complexity index is 742. The summed E-state index contributed by atoms with van der Waals surface area (Å²) in [5.41, 5.74) is 1.73. The number of ether oxygens (including phenoxy) is 3. The first-order valence-corrected chi connectivity index (χ1v) is 8.16. The van der Waals surface area contributed by atoms with Gasteiger partial charge in [0.1, 0.15) is 18.1 Å². The van der Waals surface area contributed by atoms with Crippen LogP contribution in [0.15, 0.2) is 18.2 Å². The lowest BCUT2D eigenvalue weighted by atomic mass is 10.2. The molecule has 1 aliphatic rings. The standard InChI is InChI=1S/C17H20F2N2O4/c1-2-24-17(22)13-7-11-8-15(25-10-16(18)19)14(9-12(11)20-13)21-3-5-23-6-4-21/h7-9,16,20H,2-6,10H2,1H3. The van der Waals surface area contributed by atoms with E-state index in [1.54, 1.807) is 19.1 Å². The number of fused-ring (bicyclic) bond motifs is 1. The summed E-state index contributed by atoms with van der Waals surface area (Å²) >= 11 is 0. The molecule has 3 rings (SSSR count). The molecule has 2 heterocycles. The summed E-state index contributed by atoms with van der Waals surface area (Å²) in [5.74, 6) is -0.0919. The molecule has 1 aromatic heterocycles. The maximum Gasteiger partial charge on any atom is 0.354 e. The van der Waals surface area contributed by atoms with E-state index in [0.717, 1.165) is 0 Å². The number of hydrogen-bond acceptors (Lipinski definition) is 5. The van der Waals surface area contributed by atoms with Crippen molar-refractivity contribution in [3.8, 4) is 5.75 Å². The number of halogens is 2. The van der Waals surface area contributed by atoms with Gasteiger partial charge in [-0.2, -0.15) is 0 Å². The van der Waals surface area contributed by atoms with Crippen LogP contribution in [0.5, 0.6) is 5.75 Å². The number of aromatic amines is 1. The molecule has 0 aliphatic carbocycles. The maximum absolute atomic E-state index is 12.6. The van der Waals surface area contributed by atoms with Crippen molar-refractivity contribution in [1.82, 2.24) is 4.98 Å². The first-order valence-electron chi connectivity index (χ1n) is 8.16. The summed E-state index contributed by atoms with van der Waals surface area (Å²) in [6.45, 7) is 3.72. The molecule has 2 aromatic rings. The zero-order valence-corrected chi connectivity index (χ0v) is 13.9. The van der Waals surface area contributed by atoms with Crippen molar-refractivity contribution in [3.05, 3.63) is 23.9 Å². The predicted octanol–water partition coefficient (Wildman–Crippen LogP) is 2.83. The summed E-state index contributed by atoms with van der Waals surface area (Å²) in [5, 5.41) is 0.698. The molecule has 0 radical (unpaired) electrons. The van der Waals surface area contributed by atoms with E-state index in [-0.39, 0.29) is 6.61 Å². The second-order valence-corrected chi connectivity index (χ2v) is 5.61. The van der Waals surface area contributed by atoms with Gasteiger partial charge in [0.15, 0.2) is 0 Å². The third kappa shape index (κ3) is 4.01. The minimum atomic E-state index is -2.56. The predicted molar refractivity (Wildman–Crippen MR) is 88.8 cm³/mol. The highest BCUT2D eigenvalue weighted by Gasteiger charge is 2.20. The number of benzene rings is 1. The number of carbonyl (C=O) groups is 1. The number of aromatic nitrogens is 1. The minimum Gasteiger partial charge on any atom is -0.485 e. The number of alkyl halides is 2. The molecule has 1 aromatic carbocycles. The molecule has 0 spiro atoms. The molecule has 136 valence electrons. The Morgan fingerprint density at radius 1 is 1.32 bits per heavy atom. The first-order chi connectivity index (χ1) is 12.1. The number of nitrogens with one attached hydrogen (secondary N) is 1. The van der Waals surface area contributed by atoms with Crippen molar-refractivity contribution >= 4 is 22.6 Å². The van der Waals surface area contributed by atoms with Crippen LogP contribution in [0.2, 0.25) is 0 Å². The van der Waals surface area contributed by atoms with E-state index in [0.29, 0.717) is 54.3 Å². The van der Waals surface area contributed by atoms with Gasteiger partial charge in [-0.15, -0.1) is 0 Å². The second kappa shape index (κ2) is 7.69. The summed E-state index contributed by atoms with van der Waals surface area (Å²) in [7, 11) is 0. The fourth-order valence-corrected chi connectivity index (χ4v) is 2.79. The Balaban J connectivity index is 1.97. The average molecular weight is 354 g/mol. The SMILES string of the molecule is CCOC(=O)c1cc2cc(OCC(F)F)c(N3CCOCC3)cc2[nH]1. The monoisotopic (exact) mass is 354 g/mol. The fourth-order valence-electron chi connectivity index (χ4n) is 2.79. The largest absolute Gasteiger partial charge is 0.485 e. The average Bonchev–Trinajstić information content (AvgIpc) is 3.03. The van der Waals surface area contributed by atoms with Crippen LogP contribution in [0.25, 0.3) is 10.9 Å². The third-order valence-electron chi connectivity index (χ3n) is 3.91. The quantitative estimate of drug-likeness (QED) is 0.808. The molecule has 8 heteroatoms. The highest BCUT2D eigenvalue weighted by atomic mass is 19.3. The van der Waals surface area contributed by atoms with E-state index in [9.17, 15) is 13.6 Å². The lowest BCUT2D eigenvalue weighted by Gasteiger charge is -2.30. The number of H-pyrrole nitrogens is 1. The van der Waals surface area contributed by atoms with Crippen molar-refractivity contribution in [2.75, 3.05) is 44.4 Å². The van der Waals surface area contributed by atoms with Crippen LogP contribution in [0.4, 0.5) is 14.5 Å². The summed E-state index contributed by atoms with van der Waals surface area (Å²) in [4.78, 5) is 16.9. The van der Waals surface area contributed by atoms with E-state index >= 15 is 0 Å². The van der Waals surface area contributed by atoms with E-state index in [1.807, 2.05) is 11.0 Å². The summed E-state index contributed by atoms with van der Waals surface area (Å²) in [6, 6.07) is 5.11. The molecule has 6 nitrogen and oxygen atoms in total. The molecule has 1 saturated heterocycles. The number of hydrogen-bond donors (Lipinski definition) is 1. The Morgan fingerprint density at radius 2 is 2.08 bits per heavy atom. The van der Waals surface area contributed by atoms with Gasteiger partial charge in [0, 0.05) is 24.0 Å².